The zero-order valence-corrected chi connectivity index (χ0v) is 8.67. The van der Waals surface area contributed by atoms with Gasteiger partial charge in [-0.05, 0) is 36.9 Å². The second-order valence-corrected chi connectivity index (χ2v) is 3.83. The molecule has 1 atom stereocenters. The standard InChI is InChI=1S/C12H16N2/c1-3-10(13)12-7-9-6-8(2)4-5-11(9)14-12/h4-7,10,14H,3,13H2,1-2H3. The fourth-order valence-electron chi connectivity index (χ4n) is 1.69. The Morgan fingerprint density at radius 1 is 1.36 bits per heavy atom. The van der Waals surface area contributed by atoms with Crippen LogP contribution in [-0.2, 0) is 0 Å². The lowest BCUT2D eigenvalue weighted by Gasteiger charge is -2.03. The number of hydrogen-bond donors (Lipinski definition) is 2. The molecule has 2 aromatic rings. The van der Waals surface area contributed by atoms with Gasteiger partial charge in [0.05, 0.1) is 0 Å². The summed E-state index contributed by atoms with van der Waals surface area (Å²) in [5, 5.41) is 1.25. The van der Waals surface area contributed by atoms with Crippen LogP contribution < -0.4 is 5.73 Å². The third-order valence-corrected chi connectivity index (χ3v) is 2.64. The van der Waals surface area contributed by atoms with E-state index in [1.54, 1.807) is 0 Å². The first kappa shape index (κ1) is 9.28. The Bertz CT molecular complexity index is 443. The van der Waals surface area contributed by atoms with Crippen molar-refractivity contribution in [1.82, 2.24) is 4.98 Å². The molecule has 2 nitrogen and oxygen atoms in total. The largest absolute Gasteiger partial charge is 0.357 e. The van der Waals surface area contributed by atoms with E-state index in [0.717, 1.165) is 12.1 Å². The predicted molar refractivity (Wildman–Crippen MR) is 60.3 cm³/mol. The number of H-pyrrole nitrogens is 1. The number of aryl methyl sites for hydroxylation is 1. The molecule has 0 saturated carbocycles. The van der Waals surface area contributed by atoms with E-state index >= 15 is 0 Å². The zero-order chi connectivity index (χ0) is 10.1. The summed E-state index contributed by atoms with van der Waals surface area (Å²) < 4.78 is 0. The molecule has 0 bridgehead atoms. The van der Waals surface area contributed by atoms with E-state index in [2.05, 4.69) is 43.1 Å². The van der Waals surface area contributed by atoms with Crippen LogP contribution in [0.15, 0.2) is 24.3 Å². The minimum absolute atomic E-state index is 0.128. The van der Waals surface area contributed by atoms with Crippen molar-refractivity contribution in [2.45, 2.75) is 26.3 Å². The van der Waals surface area contributed by atoms with Gasteiger partial charge in [-0.15, -0.1) is 0 Å². The molecule has 14 heavy (non-hydrogen) atoms. The van der Waals surface area contributed by atoms with Gasteiger partial charge in [0.2, 0.25) is 0 Å². The molecule has 0 saturated heterocycles. The molecule has 0 aliphatic carbocycles. The average molecular weight is 188 g/mol. The van der Waals surface area contributed by atoms with Crippen LogP contribution in [0, 0.1) is 6.92 Å². The van der Waals surface area contributed by atoms with Gasteiger partial charge in [-0.3, -0.25) is 0 Å². The van der Waals surface area contributed by atoms with E-state index in [-0.39, 0.29) is 6.04 Å². The summed E-state index contributed by atoms with van der Waals surface area (Å²) >= 11 is 0. The topological polar surface area (TPSA) is 41.8 Å². The fraction of sp³-hybridized carbons (Fsp3) is 0.333. The van der Waals surface area contributed by atoms with E-state index in [1.165, 1.54) is 16.5 Å². The number of hydrogen-bond acceptors (Lipinski definition) is 1. The van der Waals surface area contributed by atoms with Gasteiger partial charge >= 0.3 is 0 Å². The van der Waals surface area contributed by atoms with Crippen LogP contribution in [0.5, 0.6) is 0 Å². The molecule has 1 heterocycles. The smallest absolute Gasteiger partial charge is 0.0456 e. The quantitative estimate of drug-likeness (QED) is 0.747. The lowest BCUT2D eigenvalue weighted by molar-refractivity contribution is 0.682. The molecule has 2 rings (SSSR count). The minimum atomic E-state index is 0.128. The summed E-state index contributed by atoms with van der Waals surface area (Å²) in [6.07, 6.45) is 0.964. The molecular weight excluding hydrogens is 172 g/mol. The van der Waals surface area contributed by atoms with E-state index in [0.29, 0.717) is 0 Å². The summed E-state index contributed by atoms with van der Waals surface area (Å²) in [5.41, 5.74) is 9.56. The van der Waals surface area contributed by atoms with Crippen molar-refractivity contribution in [1.29, 1.82) is 0 Å². The van der Waals surface area contributed by atoms with Crippen molar-refractivity contribution in [3.05, 3.63) is 35.5 Å². The van der Waals surface area contributed by atoms with Gasteiger partial charge in [-0.25, -0.2) is 0 Å². The van der Waals surface area contributed by atoms with E-state index < -0.39 is 0 Å². The highest BCUT2D eigenvalue weighted by Crippen LogP contribution is 2.21. The molecule has 1 unspecified atom stereocenters. The Labute approximate surface area is 84.1 Å². The van der Waals surface area contributed by atoms with Gasteiger partial charge in [-0.1, -0.05) is 18.6 Å². The Morgan fingerprint density at radius 2 is 2.14 bits per heavy atom. The van der Waals surface area contributed by atoms with Crippen molar-refractivity contribution >= 4 is 10.9 Å². The van der Waals surface area contributed by atoms with Gasteiger partial charge in [0, 0.05) is 17.3 Å². The molecule has 0 aliphatic rings. The monoisotopic (exact) mass is 188 g/mol. The van der Waals surface area contributed by atoms with Crippen LogP contribution in [0.1, 0.15) is 30.6 Å². The molecule has 1 aromatic heterocycles. The second-order valence-electron chi connectivity index (χ2n) is 3.83. The maximum Gasteiger partial charge on any atom is 0.0456 e. The van der Waals surface area contributed by atoms with E-state index in [9.17, 15) is 0 Å². The Kier molecular flexibility index (Phi) is 2.30. The maximum atomic E-state index is 5.96. The number of nitrogens with one attached hydrogen (secondary N) is 1. The minimum Gasteiger partial charge on any atom is -0.357 e. The van der Waals surface area contributed by atoms with E-state index in [4.69, 9.17) is 5.73 Å². The Balaban J connectivity index is 2.51. The van der Waals surface area contributed by atoms with E-state index in [1.807, 2.05) is 0 Å². The first-order valence-electron chi connectivity index (χ1n) is 5.05. The second kappa shape index (κ2) is 3.46. The third-order valence-electron chi connectivity index (χ3n) is 2.64. The first-order chi connectivity index (χ1) is 6.70. The van der Waals surface area contributed by atoms with Crippen molar-refractivity contribution < 1.29 is 0 Å². The number of aromatic amines is 1. The van der Waals surface area contributed by atoms with Gasteiger partial charge in [0.25, 0.3) is 0 Å². The maximum absolute atomic E-state index is 5.96. The zero-order valence-electron chi connectivity index (χ0n) is 8.67. The Hall–Kier alpha value is -1.28. The number of benzene rings is 1. The van der Waals surface area contributed by atoms with Crippen molar-refractivity contribution in [2.24, 2.45) is 5.73 Å². The molecule has 0 fully saturated rings. The summed E-state index contributed by atoms with van der Waals surface area (Å²) in [4.78, 5) is 3.35. The molecule has 0 aliphatic heterocycles. The predicted octanol–water partition coefficient (Wildman–Crippen LogP) is 2.89. The molecule has 2 heteroatoms. The van der Waals surface area contributed by atoms with Gasteiger partial charge in [-0.2, -0.15) is 0 Å². The van der Waals surface area contributed by atoms with Crippen LogP contribution >= 0.6 is 0 Å². The molecule has 0 spiro atoms. The Morgan fingerprint density at radius 3 is 2.86 bits per heavy atom. The molecule has 0 amide bonds. The van der Waals surface area contributed by atoms with Crippen LogP contribution in [-0.4, -0.2) is 4.98 Å². The highest BCUT2D eigenvalue weighted by molar-refractivity contribution is 5.81. The first-order valence-corrected chi connectivity index (χ1v) is 5.05. The molecular formula is C12H16N2. The summed E-state index contributed by atoms with van der Waals surface area (Å²) in [6.45, 7) is 4.20. The molecule has 3 N–H and O–H groups in total. The van der Waals surface area contributed by atoms with Crippen LogP contribution in [0.25, 0.3) is 10.9 Å². The summed E-state index contributed by atoms with van der Waals surface area (Å²) in [7, 11) is 0. The van der Waals surface area contributed by atoms with Crippen molar-refractivity contribution in [2.75, 3.05) is 0 Å². The van der Waals surface area contributed by atoms with Crippen LogP contribution in [0.4, 0.5) is 0 Å². The SMILES string of the molecule is CCC(N)c1cc2cc(C)ccc2[nH]1. The van der Waals surface area contributed by atoms with Gasteiger partial charge in [0.15, 0.2) is 0 Å². The molecule has 1 aromatic carbocycles. The number of rotatable bonds is 2. The number of nitrogens with two attached hydrogens (primary N) is 1. The van der Waals surface area contributed by atoms with Crippen LogP contribution in [0.2, 0.25) is 0 Å². The van der Waals surface area contributed by atoms with Crippen LogP contribution in [0.3, 0.4) is 0 Å². The van der Waals surface area contributed by atoms with Crippen molar-refractivity contribution in [3.8, 4) is 0 Å². The van der Waals surface area contributed by atoms with Crippen molar-refractivity contribution in [3.63, 3.8) is 0 Å². The van der Waals surface area contributed by atoms with Gasteiger partial charge < -0.3 is 10.7 Å². The third kappa shape index (κ3) is 1.53. The number of aromatic nitrogens is 1. The normalized spacial score (nSPS) is 13.4. The molecule has 74 valence electrons. The van der Waals surface area contributed by atoms with Gasteiger partial charge in [0.1, 0.15) is 0 Å². The average Bonchev–Trinajstić information content (AvgIpc) is 2.59. The lowest BCUT2D eigenvalue weighted by atomic mass is 10.1. The molecule has 0 radical (unpaired) electrons. The number of fused-ring (bicyclic) bond motifs is 1. The summed E-state index contributed by atoms with van der Waals surface area (Å²) in [6, 6.07) is 8.67. The summed E-state index contributed by atoms with van der Waals surface area (Å²) in [5.74, 6) is 0. The highest BCUT2D eigenvalue weighted by atomic mass is 14.8. The highest BCUT2D eigenvalue weighted by Gasteiger charge is 2.06. The lowest BCUT2D eigenvalue weighted by Crippen LogP contribution is -2.08. The fourth-order valence-corrected chi connectivity index (χ4v) is 1.69.